The van der Waals surface area contributed by atoms with Gasteiger partial charge in [-0.1, -0.05) is 65.4 Å². The fourth-order valence-corrected chi connectivity index (χ4v) is 4.38. The third kappa shape index (κ3) is 2.95. The summed E-state index contributed by atoms with van der Waals surface area (Å²) in [5.74, 6) is -0.189. The van der Waals surface area contributed by atoms with Gasteiger partial charge in [-0.05, 0) is 30.3 Å². The highest BCUT2D eigenvalue weighted by molar-refractivity contribution is 7.23. The van der Waals surface area contributed by atoms with Gasteiger partial charge < -0.3 is 5.32 Å². The number of benzene rings is 3. The molecule has 28 heavy (non-hydrogen) atoms. The second-order valence-corrected chi connectivity index (χ2v) is 7.78. The minimum atomic E-state index is -0.189. The molecule has 0 unspecified atom stereocenters. The van der Waals surface area contributed by atoms with Crippen LogP contribution >= 0.6 is 22.9 Å². The molecule has 0 atom stereocenters. The quantitative estimate of drug-likeness (QED) is 0.394. The summed E-state index contributed by atoms with van der Waals surface area (Å²) in [6.07, 6.45) is 2.03. The molecule has 0 aliphatic heterocycles. The van der Waals surface area contributed by atoms with E-state index in [1.54, 1.807) is 23.5 Å². The SMILES string of the molecule is O=C(Nc1ccccc1Cl)c1ccc2c(c1)sc1nc(-c3ccccc3)cn12. The molecule has 0 bridgehead atoms. The van der Waals surface area contributed by atoms with Gasteiger partial charge in [0.25, 0.3) is 5.91 Å². The van der Waals surface area contributed by atoms with E-state index < -0.39 is 0 Å². The molecule has 1 N–H and O–H groups in total. The number of rotatable bonds is 3. The average Bonchev–Trinajstić information content (AvgIpc) is 3.28. The van der Waals surface area contributed by atoms with Crippen molar-refractivity contribution in [3.05, 3.63) is 89.6 Å². The number of amides is 1. The van der Waals surface area contributed by atoms with E-state index in [2.05, 4.69) is 9.72 Å². The zero-order valence-electron chi connectivity index (χ0n) is 14.6. The standard InChI is InChI=1S/C22H14ClN3OS/c23-16-8-4-5-9-17(16)24-21(27)15-10-11-19-20(12-15)28-22-25-18(13-26(19)22)14-6-2-1-3-7-14/h1-13H,(H,24,27). The van der Waals surface area contributed by atoms with Crippen LogP contribution in [0.2, 0.25) is 5.02 Å². The van der Waals surface area contributed by atoms with Crippen LogP contribution in [-0.4, -0.2) is 15.3 Å². The second kappa shape index (κ2) is 6.78. The first-order valence-electron chi connectivity index (χ1n) is 8.72. The lowest BCUT2D eigenvalue weighted by Crippen LogP contribution is -2.11. The van der Waals surface area contributed by atoms with Crippen molar-refractivity contribution in [2.24, 2.45) is 0 Å². The van der Waals surface area contributed by atoms with Crippen molar-refractivity contribution >= 4 is 49.7 Å². The maximum absolute atomic E-state index is 12.6. The van der Waals surface area contributed by atoms with E-state index in [1.807, 2.05) is 66.9 Å². The summed E-state index contributed by atoms with van der Waals surface area (Å²) in [7, 11) is 0. The van der Waals surface area contributed by atoms with Gasteiger partial charge >= 0.3 is 0 Å². The highest BCUT2D eigenvalue weighted by Crippen LogP contribution is 2.30. The molecular formula is C22H14ClN3OS. The van der Waals surface area contributed by atoms with Gasteiger partial charge in [0.15, 0.2) is 4.96 Å². The molecule has 1 amide bonds. The molecule has 0 aliphatic rings. The molecule has 6 heteroatoms. The topological polar surface area (TPSA) is 46.4 Å². The molecule has 5 aromatic rings. The Morgan fingerprint density at radius 2 is 1.79 bits per heavy atom. The Balaban J connectivity index is 1.50. The number of imidazole rings is 1. The number of nitrogens with zero attached hydrogens (tertiary/aromatic N) is 2. The van der Waals surface area contributed by atoms with Crippen molar-refractivity contribution in [3.8, 4) is 11.3 Å². The summed E-state index contributed by atoms with van der Waals surface area (Å²) in [5, 5.41) is 3.37. The first-order chi connectivity index (χ1) is 13.7. The number of para-hydroxylation sites is 1. The number of carbonyl (C=O) groups is 1. The Labute approximate surface area is 170 Å². The molecule has 5 rings (SSSR count). The summed E-state index contributed by atoms with van der Waals surface area (Å²) in [4.78, 5) is 18.3. The fraction of sp³-hybridized carbons (Fsp3) is 0. The summed E-state index contributed by atoms with van der Waals surface area (Å²) in [6, 6.07) is 23.0. The van der Waals surface area contributed by atoms with Crippen LogP contribution in [-0.2, 0) is 0 Å². The molecule has 0 spiro atoms. The molecule has 2 heterocycles. The number of hydrogen-bond acceptors (Lipinski definition) is 3. The van der Waals surface area contributed by atoms with E-state index in [0.717, 1.165) is 26.4 Å². The van der Waals surface area contributed by atoms with Crippen LogP contribution in [0.25, 0.3) is 26.4 Å². The number of carbonyl (C=O) groups excluding carboxylic acids is 1. The lowest BCUT2D eigenvalue weighted by Gasteiger charge is -2.07. The van der Waals surface area contributed by atoms with E-state index in [0.29, 0.717) is 16.3 Å². The molecular weight excluding hydrogens is 390 g/mol. The first-order valence-corrected chi connectivity index (χ1v) is 9.91. The van der Waals surface area contributed by atoms with Crippen LogP contribution in [0.3, 0.4) is 0 Å². The number of hydrogen-bond donors (Lipinski definition) is 1. The second-order valence-electron chi connectivity index (χ2n) is 6.36. The van der Waals surface area contributed by atoms with Crippen LogP contribution in [0.1, 0.15) is 10.4 Å². The van der Waals surface area contributed by atoms with Gasteiger partial charge in [-0.2, -0.15) is 0 Å². The Morgan fingerprint density at radius 1 is 1.00 bits per heavy atom. The number of nitrogens with one attached hydrogen (secondary N) is 1. The lowest BCUT2D eigenvalue weighted by molar-refractivity contribution is 0.102. The molecule has 0 aliphatic carbocycles. The minimum absolute atomic E-state index is 0.189. The molecule has 0 saturated heterocycles. The van der Waals surface area contributed by atoms with E-state index in [-0.39, 0.29) is 5.91 Å². The zero-order valence-corrected chi connectivity index (χ0v) is 16.2. The van der Waals surface area contributed by atoms with Crippen molar-refractivity contribution in [2.75, 3.05) is 5.32 Å². The highest BCUT2D eigenvalue weighted by atomic mass is 35.5. The predicted molar refractivity (Wildman–Crippen MR) is 115 cm³/mol. The van der Waals surface area contributed by atoms with Crippen LogP contribution < -0.4 is 5.32 Å². The number of thiazole rings is 1. The lowest BCUT2D eigenvalue weighted by atomic mass is 10.2. The Kier molecular flexibility index (Phi) is 4.11. The van der Waals surface area contributed by atoms with Crippen LogP contribution in [0, 0.1) is 0 Å². The predicted octanol–water partition coefficient (Wildman–Crippen LogP) is 6.12. The van der Waals surface area contributed by atoms with Crippen LogP contribution in [0.15, 0.2) is 79.0 Å². The van der Waals surface area contributed by atoms with Gasteiger partial charge in [-0.15, -0.1) is 0 Å². The van der Waals surface area contributed by atoms with Crippen LogP contribution in [0.4, 0.5) is 5.69 Å². The number of fused-ring (bicyclic) bond motifs is 3. The van der Waals surface area contributed by atoms with Crippen molar-refractivity contribution < 1.29 is 4.79 Å². The Morgan fingerprint density at radius 3 is 2.61 bits per heavy atom. The smallest absolute Gasteiger partial charge is 0.255 e. The largest absolute Gasteiger partial charge is 0.321 e. The Hall–Kier alpha value is -3.15. The zero-order chi connectivity index (χ0) is 19.1. The van der Waals surface area contributed by atoms with Crippen LogP contribution in [0.5, 0.6) is 0 Å². The van der Waals surface area contributed by atoms with E-state index in [4.69, 9.17) is 16.6 Å². The molecule has 4 nitrogen and oxygen atoms in total. The molecule has 2 aromatic heterocycles. The highest BCUT2D eigenvalue weighted by Gasteiger charge is 2.13. The number of halogens is 1. The van der Waals surface area contributed by atoms with Crippen molar-refractivity contribution in [1.29, 1.82) is 0 Å². The summed E-state index contributed by atoms with van der Waals surface area (Å²) >= 11 is 7.69. The maximum Gasteiger partial charge on any atom is 0.255 e. The van der Waals surface area contributed by atoms with Gasteiger partial charge in [0.05, 0.1) is 26.6 Å². The van der Waals surface area contributed by atoms with E-state index >= 15 is 0 Å². The van der Waals surface area contributed by atoms with Gasteiger partial charge in [0, 0.05) is 17.3 Å². The minimum Gasteiger partial charge on any atom is -0.321 e. The average molecular weight is 404 g/mol. The summed E-state index contributed by atoms with van der Waals surface area (Å²) < 4.78 is 3.08. The summed E-state index contributed by atoms with van der Waals surface area (Å²) in [6.45, 7) is 0. The maximum atomic E-state index is 12.6. The van der Waals surface area contributed by atoms with Crippen molar-refractivity contribution in [2.45, 2.75) is 0 Å². The van der Waals surface area contributed by atoms with Gasteiger partial charge in [0.1, 0.15) is 0 Å². The van der Waals surface area contributed by atoms with Gasteiger partial charge in [-0.25, -0.2) is 4.98 Å². The molecule has 3 aromatic carbocycles. The molecule has 0 saturated carbocycles. The monoisotopic (exact) mass is 403 g/mol. The third-order valence-corrected chi connectivity index (χ3v) is 5.90. The van der Waals surface area contributed by atoms with E-state index in [9.17, 15) is 4.79 Å². The normalized spacial score (nSPS) is 11.2. The van der Waals surface area contributed by atoms with Crippen molar-refractivity contribution in [3.63, 3.8) is 0 Å². The summed E-state index contributed by atoms with van der Waals surface area (Å²) in [5.41, 5.74) is 4.24. The van der Waals surface area contributed by atoms with Crippen molar-refractivity contribution in [1.82, 2.24) is 9.38 Å². The number of aromatic nitrogens is 2. The van der Waals surface area contributed by atoms with E-state index in [1.165, 1.54) is 0 Å². The first kappa shape index (κ1) is 17.0. The molecule has 0 radical (unpaired) electrons. The molecule has 0 fully saturated rings. The fourth-order valence-electron chi connectivity index (χ4n) is 3.15. The van der Waals surface area contributed by atoms with Gasteiger partial charge in [-0.3, -0.25) is 9.20 Å². The third-order valence-electron chi connectivity index (χ3n) is 4.55. The molecule has 136 valence electrons. The number of anilines is 1. The Bertz CT molecular complexity index is 1320. The van der Waals surface area contributed by atoms with Gasteiger partial charge in [0.2, 0.25) is 0 Å².